The Morgan fingerprint density at radius 1 is 1.28 bits per heavy atom. The SMILES string of the molecule is CC(C)N(CCS(C)(=O)=O)CC1CCNCC1.Cl. The average molecular weight is 299 g/mol. The van der Waals surface area contributed by atoms with Crippen LogP contribution in [-0.4, -0.2) is 57.5 Å². The second-order valence-corrected chi connectivity index (χ2v) is 7.67. The van der Waals surface area contributed by atoms with Crippen molar-refractivity contribution in [1.82, 2.24) is 10.2 Å². The van der Waals surface area contributed by atoms with Crippen LogP contribution in [0.4, 0.5) is 0 Å². The summed E-state index contributed by atoms with van der Waals surface area (Å²) in [4.78, 5) is 2.30. The van der Waals surface area contributed by atoms with Gasteiger partial charge in [-0.3, -0.25) is 4.90 Å². The number of nitrogens with one attached hydrogen (secondary N) is 1. The molecule has 4 nitrogen and oxygen atoms in total. The Balaban J connectivity index is 0.00000289. The fourth-order valence-corrected chi connectivity index (χ4v) is 2.81. The molecule has 0 aromatic rings. The lowest BCUT2D eigenvalue weighted by Gasteiger charge is -2.32. The minimum absolute atomic E-state index is 0. The first-order valence-electron chi connectivity index (χ1n) is 6.51. The topological polar surface area (TPSA) is 49.4 Å². The van der Waals surface area contributed by atoms with E-state index in [1.54, 1.807) is 0 Å². The summed E-state index contributed by atoms with van der Waals surface area (Å²) in [6.45, 7) is 8.19. The molecule has 1 heterocycles. The highest BCUT2D eigenvalue weighted by molar-refractivity contribution is 7.90. The summed E-state index contributed by atoms with van der Waals surface area (Å²) in [6.07, 6.45) is 3.74. The lowest BCUT2D eigenvalue weighted by atomic mass is 9.97. The quantitative estimate of drug-likeness (QED) is 0.799. The number of sulfone groups is 1. The van der Waals surface area contributed by atoms with E-state index < -0.39 is 9.84 Å². The molecule has 1 aliphatic rings. The molecule has 0 amide bonds. The molecule has 6 heteroatoms. The molecular formula is C12H27ClN2O2S. The van der Waals surface area contributed by atoms with Crippen LogP contribution in [0.2, 0.25) is 0 Å². The van der Waals surface area contributed by atoms with Gasteiger partial charge in [-0.1, -0.05) is 0 Å². The Bertz CT molecular complexity index is 314. The molecule has 0 saturated carbocycles. The summed E-state index contributed by atoms with van der Waals surface area (Å²) in [5, 5.41) is 3.36. The number of hydrogen-bond donors (Lipinski definition) is 1. The number of piperidine rings is 1. The summed E-state index contributed by atoms with van der Waals surface area (Å²) >= 11 is 0. The molecule has 1 aliphatic heterocycles. The average Bonchev–Trinajstić information content (AvgIpc) is 2.24. The van der Waals surface area contributed by atoms with E-state index >= 15 is 0 Å². The Morgan fingerprint density at radius 2 is 1.83 bits per heavy atom. The number of nitrogens with zero attached hydrogens (tertiary/aromatic N) is 1. The third-order valence-electron chi connectivity index (χ3n) is 3.43. The van der Waals surface area contributed by atoms with E-state index in [1.807, 2.05) is 0 Å². The number of halogens is 1. The molecule has 0 aromatic heterocycles. The Kier molecular flexibility index (Phi) is 8.43. The van der Waals surface area contributed by atoms with E-state index in [1.165, 1.54) is 19.1 Å². The fraction of sp³-hybridized carbons (Fsp3) is 1.00. The van der Waals surface area contributed by atoms with Crippen molar-refractivity contribution in [1.29, 1.82) is 0 Å². The van der Waals surface area contributed by atoms with Crippen molar-refractivity contribution >= 4 is 22.2 Å². The number of rotatable bonds is 6. The van der Waals surface area contributed by atoms with E-state index in [2.05, 4.69) is 24.1 Å². The van der Waals surface area contributed by atoms with E-state index in [4.69, 9.17) is 0 Å². The third-order valence-corrected chi connectivity index (χ3v) is 4.36. The van der Waals surface area contributed by atoms with Gasteiger partial charge in [0.2, 0.25) is 0 Å². The monoisotopic (exact) mass is 298 g/mol. The van der Waals surface area contributed by atoms with Crippen LogP contribution in [0.15, 0.2) is 0 Å². The van der Waals surface area contributed by atoms with E-state index in [0.29, 0.717) is 12.6 Å². The van der Waals surface area contributed by atoms with Gasteiger partial charge in [-0.25, -0.2) is 8.42 Å². The van der Waals surface area contributed by atoms with Gasteiger partial charge in [-0.2, -0.15) is 0 Å². The van der Waals surface area contributed by atoms with Crippen molar-refractivity contribution in [3.63, 3.8) is 0 Å². The fourth-order valence-electron chi connectivity index (χ4n) is 2.24. The van der Waals surface area contributed by atoms with Gasteiger partial charge >= 0.3 is 0 Å². The Hall–Kier alpha value is 0.160. The second-order valence-electron chi connectivity index (χ2n) is 5.41. The molecule has 1 saturated heterocycles. The third kappa shape index (κ3) is 7.56. The molecule has 0 spiro atoms. The highest BCUT2D eigenvalue weighted by atomic mass is 35.5. The maximum absolute atomic E-state index is 11.2. The van der Waals surface area contributed by atoms with Crippen LogP contribution in [0.1, 0.15) is 26.7 Å². The van der Waals surface area contributed by atoms with Crippen molar-refractivity contribution in [2.75, 3.05) is 38.2 Å². The maximum Gasteiger partial charge on any atom is 0.148 e. The van der Waals surface area contributed by atoms with Gasteiger partial charge < -0.3 is 5.32 Å². The second kappa shape index (κ2) is 8.35. The predicted octanol–water partition coefficient (Wildman–Crippen LogP) is 1.16. The zero-order chi connectivity index (χ0) is 12.9. The van der Waals surface area contributed by atoms with Gasteiger partial charge in [-0.05, 0) is 45.7 Å². The molecule has 1 N–H and O–H groups in total. The normalized spacial score (nSPS) is 18.1. The van der Waals surface area contributed by atoms with Crippen LogP contribution in [0.25, 0.3) is 0 Å². The van der Waals surface area contributed by atoms with Crippen molar-refractivity contribution < 1.29 is 8.42 Å². The minimum atomic E-state index is -2.85. The van der Waals surface area contributed by atoms with Gasteiger partial charge in [0.15, 0.2) is 0 Å². The lowest BCUT2D eigenvalue weighted by Crippen LogP contribution is -2.41. The number of hydrogen-bond acceptors (Lipinski definition) is 4. The van der Waals surface area contributed by atoms with Crippen LogP contribution < -0.4 is 5.32 Å². The van der Waals surface area contributed by atoms with Gasteiger partial charge in [0.25, 0.3) is 0 Å². The summed E-state index contributed by atoms with van der Waals surface area (Å²) < 4.78 is 22.4. The van der Waals surface area contributed by atoms with Crippen molar-refractivity contribution in [2.24, 2.45) is 5.92 Å². The van der Waals surface area contributed by atoms with Crippen LogP contribution in [-0.2, 0) is 9.84 Å². The van der Waals surface area contributed by atoms with E-state index in [0.717, 1.165) is 25.6 Å². The standard InChI is InChI=1S/C12H26N2O2S.ClH/c1-11(2)14(8-9-17(3,15)16)10-12-4-6-13-7-5-12;/h11-13H,4-10H2,1-3H3;1H. The van der Waals surface area contributed by atoms with Crippen LogP contribution in [0, 0.1) is 5.92 Å². The zero-order valence-corrected chi connectivity index (χ0v) is 13.3. The molecule has 0 unspecified atom stereocenters. The summed E-state index contributed by atoms with van der Waals surface area (Å²) in [6, 6.07) is 0.423. The molecule has 0 atom stereocenters. The van der Waals surface area contributed by atoms with Crippen LogP contribution in [0.3, 0.4) is 0 Å². The highest BCUT2D eigenvalue weighted by Gasteiger charge is 2.19. The van der Waals surface area contributed by atoms with Crippen LogP contribution >= 0.6 is 12.4 Å². The van der Waals surface area contributed by atoms with Gasteiger partial charge in [0.1, 0.15) is 9.84 Å². The van der Waals surface area contributed by atoms with Gasteiger partial charge in [-0.15, -0.1) is 12.4 Å². The first kappa shape index (κ1) is 18.2. The minimum Gasteiger partial charge on any atom is -0.317 e. The van der Waals surface area contributed by atoms with Crippen molar-refractivity contribution in [2.45, 2.75) is 32.7 Å². The molecule has 18 heavy (non-hydrogen) atoms. The molecule has 110 valence electrons. The van der Waals surface area contributed by atoms with E-state index in [-0.39, 0.29) is 18.2 Å². The lowest BCUT2D eigenvalue weighted by molar-refractivity contribution is 0.178. The molecular weight excluding hydrogens is 272 g/mol. The molecule has 1 fully saturated rings. The first-order chi connectivity index (χ1) is 7.88. The van der Waals surface area contributed by atoms with Gasteiger partial charge in [0, 0.05) is 25.4 Å². The predicted molar refractivity (Wildman–Crippen MR) is 79.3 cm³/mol. The highest BCUT2D eigenvalue weighted by Crippen LogP contribution is 2.15. The Labute approximate surface area is 118 Å². The van der Waals surface area contributed by atoms with E-state index in [9.17, 15) is 8.42 Å². The van der Waals surface area contributed by atoms with Crippen LogP contribution in [0.5, 0.6) is 0 Å². The summed E-state index contributed by atoms with van der Waals surface area (Å²) in [5.41, 5.74) is 0. The first-order valence-corrected chi connectivity index (χ1v) is 8.57. The molecule has 0 bridgehead atoms. The Morgan fingerprint density at radius 3 is 2.28 bits per heavy atom. The molecule has 1 rings (SSSR count). The zero-order valence-electron chi connectivity index (χ0n) is 11.7. The summed E-state index contributed by atoms with van der Waals surface area (Å²) in [7, 11) is -2.85. The molecule has 0 aliphatic carbocycles. The smallest absolute Gasteiger partial charge is 0.148 e. The maximum atomic E-state index is 11.2. The van der Waals surface area contributed by atoms with Crippen molar-refractivity contribution in [3.05, 3.63) is 0 Å². The molecule has 0 aromatic carbocycles. The van der Waals surface area contributed by atoms with Crippen molar-refractivity contribution in [3.8, 4) is 0 Å². The summed E-state index contributed by atoms with van der Waals surface area (Å²) in [5.74, 6) is 0.995. The molecule has 0 radical (unpaired) electrons. The largest absolute Gasteiger partial charge is 0.317 e. The van der Waals surface area contributed by atoms with Gasteiger partial charge in [0.05, 0.1) is 5.75 Å².